The molecule has 2 bridgehead atoms. The van der Waals surface area contributed by atoms with Gasteiger partial charge in [0.2, 0.25) is 5.91 Å². The van der Waals surface area contributed by atoms with Gasteiger partial charge >= 0.3 is 0 Å². The van der Waals surface area contributed by atoms with Crippen molar-refractivity contribution in [3.8, 4) is 0 Å². The minimum absolute atomic E-state index is 0.0544. The highest BCUT2D eigenvalue weighted by Gasteiger charge is 2.61. The van der Waals surface area contributed by atoms with Crippen molar-refractivity contribution in [1.82, 2.24) is 14.9 Å². The van der Waals surface area contributed by atoms with Crippen LogP contribution in [-0.4, -0.2) is 27.3 Å². The van der Waals surface area contributed by atoms with E-state index in [1.807, 2.05) is 11.8 Å². The van der Waals surface area contributed by atoms with Gasteiger partial charge in [0.1, 0.15) is 11.4 Å². The van der Waals surface area contributed by atoms with Gasteiger partial charge in [0, 0.05) is 16.7 Å². The molecule has 3 aliphatic rings. The van der Waals surface area contributed by atoms with E-state index in [-0.39, 0.29) is 34.9 Å². The number of amides is 1. The summed E-state index contributed by atoms with van der Waals surface area (Å²) in [5.74, 6) is 2.62. The summed E-state index contributed by atoms with van der Waals surface area (Å²) >= 11 is 3.54. The number of carbonyl (C=O) groups is 1. The van der Waals surface area contributed by atoms with Gasteiger partial charge in [-0.3, -0.25) is 14.2 Å². The maximum atomic E-state index is 13.1. The first-order valence-electron chi connectivity index (χ1n) is 10.2. The molecule has 150 valence electrons. The highest BCUT2D eigenvalue weighted by molar-refractivity contribution is 7.98. The Bertz CT molecular complexity index is 1020. The Hall–Kier alpha value is -1.34. The molecule has 2 fully saturated rings. The zero-order valence-electron chi connectivity index (χ0n) is 16.7. The van der Waals surface area contributed by atoms with Crippen molar-refractivity contribution in [2.45, 2.75) is 64.8 Å². The minimum atomic E-state index is -0.0718. The maximum Gasteiger partial charge on any atom is 0.262 e. The number of thiophene rings is 1. The number of fused-ring (bicyclic) bond motifs is 5. The molecule has 3 heterocycles. The van der Waals surface area contributed by atoms with Crippen LogP contribution in [0.25, 0.3) is 10.2 Å². The number of nitrogens with zero attached hydrogens (tertiary/aromatic N) is 2. The molecule has 3 atom stereocenters. The van der Waals surface area contributed by atoms with E-state index in [9.17, 15) is 9.59 Å². The molecule has 7 heteroatoms. The normalized spacial score (nSPS) is 30.5. The molecule has 5 rings (SSSR count). The summed E-state index contributed by atoms with van der Waals surface area (Å²) in [7, 11) is 0. The smallest absolute Gasteiger partial charge is 0.262 e. The molecule has 1 aliphatic heterocycles. The van der Waals surface area contributed by atoms with Crippen molar-refractivity contribution >= 4 is 39.2 Å². The molecule has 28 heavy (non-hydrogen) atoms. The van der Waals surface area contributed by atoms with Crippen molar-refractivity contribution < 1.29 is 4.79 Å². The third kappa shape index (κ3) is 2.54. The van der Waals surface area contributed by atoms with Crippen molar-refractivity contribution in [2.24, 2.45) is 16.7 Å². The summed E-state index contributed by atoms with van der Waals surface area (Å²) in [6.45, 7) is 7.06. The zero-order valence-corrected chi connectivity index (χ0v) is 18.3. The molecule has 0 spiro atoms. The fourth-order valence-corrected chi connectivity index (χ4v) is 8.09. The maximum absolute atomic E-state index is 13.1. The molecule has 2 aromatic rings. The van der Waals surface area contributed by atoms with Gasteiger partial charge < -0.3 is 5.32 Å². The molecule has 0 radical (unpaired) electrons. The molecule has 2 aliphatic carbocycles. The van der Waals surface area contributed by atoms with Gasteiger partial charge in [-0.1, -0.05) is 20.8 Å². The largest absolute Gasteiger partial charge is 0.351 e. The lowest BCUT2D eigenvalue weighted by atomic mass is 9.69. The van der Waals surface area contributed by atoms with E-state index in [1.165, 1.54) is 22.3 Å². The van der Waals surface area contributed by atoms with Crippen molar-refractivity contribution in [3.05, 3.63) is 27.1 Å². The highest BCUT2D eigenvalue weighted by Crippen LogP contribution is 2.65. The average molecular weight is 418 g/mol. The summed E-state index contributed by atoms with van der Waals surface area (Å²) < 4.78 is 1.49. The molecule has 1 amide bonds. The van der Waals surface area contributed by atoms with Crippen LogP contribution in [-0.2, 0) is 23.5 Å². The first-order valence-corrected chi connectivity index (χ1v) is 12.1. The average Bonchev–Trinajstić information content (AvgIpc) is 3.20. The lowest BCUT2D eigenvalue weighted by Crippen LogP contribution is -2.48. The van der Waals surface area contributed by atoms with E-state index in [2.05, 4.69) is 31.1 Å². The van der Waals surface area contributed by atoms with E-state index in [0.29, 0.717) is 5.92 Å². The van der Waals surface area contributed by atoms with Crippen LogP contribution in [0.2, 0.25) is 0 Å². The van der Waals surface area contributed by atoms with Crippen LogP contribution in [0.15, 0.2) is 11.1 Å². The van der Waals surface area contributed by atoms with Crippen molar-refractivity contribution in [2.75, 3.05) is 5.75 Å². The van der Waals surface area contributed by atoms with Crippen LogP contribution >= 0.6 is 23.1 Å². The number of carbonyl (C=O) groups excluding carboxylic acids is 1. The second kappa shape index (κ2) is 6.33. The number of hydrogen-bond donors (Lipinski definition) is 1. The van der Waals surface area contributed by atoms with E-state index in [0.717, 1.165) is 40.1 Å². The van der Waals surface area contributed by atoms with Gasteiger partial charge in [-0.2, -0.15) is 11.8 Å². The Morgan fingerprint density at radius 2 is 2.21 bits per heavy atom. The number of aromatic nitrogens is 2. The van der Waals surface area contributed by atoms with Crippen LogP contribution in [0.5, 0.6) is 0 Å². The van der Waals surface area contributed by atoms with Crippen LogP contribution in [0.1, 0.15) is 50.5 Å². The third-order valence-electron chi connectivity index (χ3n) is 8.03. The molecule has 1 N–H and O–H groups in total. The summed E-state index contributed by atoms with van der Waals surface area (Å²) in [6, 6.07) is 0.201. The monoisotopic (exact) mass is 417 g/mol. The van der Waals surface area contributed by atoms with Crippen LogP contribution in [0.4, 0.5) is 0 Å². The summed E-state index contributed by atoms with van der Waals surface area (Å²) in [5, 5.41) is 4.00. The van der Waals surface area contributed by atoms with Gasteiger partial charge in [0.25, 0.3) is 5.56 Å². The van der Waals surface area contributed by atoms with Crippen LogP contribution in [0, 0.1) is 16.7 Å². The Balaban J connectivity index is 1.38. The minimum Gasteiger partial charge on any atom is -0.351 e. The SMILES string of the molecule is CC1(C)[C@H]2CC[C@@]1(C)[C@H](NC(=O)Cn1cnc3sc4c(c3c1=O)CCSC4)C2. The van der Waals surface area contributed by atoms with Gasteiger partial charge in [-0.15, -0.1) is 11.3 Å². The number of nitrogens with one attached hydrogen (secondary N) is 1. The van der Waals surface area contributed by atoms with Gasteiger partial charge in [-0.25, -0.2) is 4.98 Å². The Morgan fingerprint density at radius 1 is 1.39 bits per heavy atom. The number of rotatable bonds is 3. The highest BCUT2D eigenvalue weighted by atomic mass is 32.2. The van der Waals surface area contributed by atoms with E-state index >= 15 is 0 Å². The molecular weight excluding hydrogens is 390 g/mol. The Kier molecular flexibility index (Phi) is 4.22. The Morgan fingerprint density at radius 3 is 2.93 bits per heavy atom. The van der Waals surface area contributed by atoms with Crippen LogP contribution in [0.3, 0.4) is 0 Å². The van der Waals surface area contributed by atoms with Crippen molar-refractivity contribution in [1.29, 1.82) is 0 Å². The molecule has 0 saturated heterocycles. The fraction of sp³-hybridized carbons (Fsp3) is 0.667. The molecular formula is C21H27N3O2S2. The van der Waals surface area contributed by atoms with Gasteiger partial charge in [0.05, 0.1) is 11.7 Å². The predicted octanol–water partition coefficient (Wildman–Crippen LogP) is 3.58. The number of thioether (sulfide) groups is 1. The first-order chi connectivity index (χ1) is 13.3. The van der Waals surface area contributed by atoms with E-state index in [4.69, 9.17) is 0 Å². The quantitative estimate of drug-likeness (QED) is 0.829. The number of hydrogen-bond acceptors (Lipinski definition) is 5. The lowest BCUT2D eigenvalue weighted by Gasteiger charge is -2.39. The summed E-state index contributed by atoms with van der Waals surface area (Å²) in [4.78, 5) is 32.5. The van der Waals surface area contributed by atoms with E-state index < -0.39 is 0 Å². The van der Waals surface area contributed by atoms with E-state index in [1.54, 1.807) is 17.7 Å². The number of aryl methyl sites for hydroxylation is 1. The predicted molar refractivity (Wildman–Crippen MR) is 115 cm³/mol. The lowest BCUT2D eigenvalue weighted by molar-refractivity contribution is -0.123. The van der Waals surface area contributed by atoms with Crippen LogP contribution < -0.4 is 10.9 Å². The molecule has 2 aromatic heterocycles. The standard InChI is InChI=1S/C21H27N3O2S2/c1-20(2)12-4-6-21(20,3)15(8-12)23-16(25)9-24-11-22-18-17(19(24)26)13-5-7-27-10-14(13)28-18/h11-12,15H,4-10H2,1-3H3,(H,23,25)/t12-,15+,21-/m0/s1. The topological polar surface area (TPSA) is 64.0 Å². The fourth-order valence-electron chi connectivity index (χ4n) is 5.78. The third-order valence-corrected chi connectivity index (χ3v) is 10.3. The molecule has 5 nitrogen and oxygen atoms in total. The van der Waals surface area contributed by atoms with Gasteiger partial charge in [0.15, 0.2) is 0 Å². The van der Waals surface area contributed by atoms with Gasteiger partial charge in [-0.05, 0) is 53.7 Å². The summed E-state index contributed by atoms with van der Waals surface area (Å²) in [5.41, 5.74) is 1.50. The Labute approximate surface area is 173 Å². The second-order valence-electron chi connectivity index (χ2n) is 9.39. The molecule has 0 unspecified atom stereocenters. The molecule has 2 saturated carbocycles. The second-order valence-corrected chi connectivity index (χ2v) is 11.6. The zero-order chi connectivity index (χ0) is 19.7. The van der Waals surface area contributed by atoms with Crippen molar-refractivity contribution in [3.63, 3.8) is 0 Å². The summed E-state index contributed by atoms with van der Waals surface area (Å²) in [6.07, 6.45) is 5.95. The first kappa shape index (κ1) is 18.7. The molecule has 0 aromatic carbocycles.